The third-order valence-corrected chi connectivity index (χ3v) is 7.00. The fourth-order valence-corrected chi connectivity index (χ4v) is 4.85. The minimum absolute atomic E-state index is 0. The van der Waals surface area contributed by atoms with E-state index >= 15 is 0 Å². The van der Waals surface area contributed by atoms with Crippen LogP contribution >= 0.6 is 12.4 Å². The summed E-state index contributed by atoms with van der Waals surface area (Å²) < 4.78 is 26.4. The van der Waals surface area contributed by atoms with E-state index in [1.54, 1.807) is 36.5 Å². The summed E-state index contributed by atoms with van der Waals surface area (Å²) in [6.07, 6.45) is 1.79. The molecule has 1 aromatic heterocycles. The molecule has 3 aromatic rings. The smallest absolute Gasteiger partial charge is 0.206 e. The predicted molar refractivity (Wildman–Crippen MR) is 115 cm³/mol. The lowest BCUT2D eigenvalue weighted by atomic mass is 10.1. The highest BCUT2D eigenvalue weighted by molar-refractivity contribution is 7.91. The summed E-state index contributed by atoms with van der Waals surface area (Å²) in [5.41, 5.74) is 3.90. The van der Waals surface area contributed by atoms with Crippen LogP contribution in [0.3, 0.4) is 0 Å². The van der Waals surface area contributed by atoms with Crippen LogP contribution in [-0.4, -0.2) is 39.6 Å². The SMILES string of the molecule is Cc1ccc(S(=O)(=O)c2ccc3nccc(N4CCNCC4)c3c2)cc1C.Cl. The van der Waals surface area contributed by atoms with Gasteiger partial charge in [-0.2, -0.15) is 0 Å². The zero-order chi connectivity index (χ0) is 19.0. The molecule has 1 saturated heterocycles. The third-order valence-electron chi connectivity index (χ3n) is 5.25. The van der Waals surface area contributed by atoms with Gasteiger partial charge in [0.2, 0.25) is 9.84 Å². The van der Waals surface area contributed by atoms with Gasteiger partial charge in [-0.1, -0.05) is 6.07 Å². The molecule has 0 spiro atoms. The Morgan fingerprint density at radius 1 is 0.929 bits per heavy atom. The maximum atomic E-state index is 13.2. The molecule has 1 aliphatic heterocycles. The Morgan fingerprint density at radius 3 is 2.32 bits per heavy atom. The van der Waals surface area contributed by atoms with Crippen LogP contribution in [0.15, 0.2) is 58.5 Å². The van der Waals surface area contributed by atoms with Crippen LogP contribution in [0.25, 0.3) is 10.9 Å². The molecule has 4 rings (SSSR count). The van der Waals surface area contributed by atoms with E-state index in [2.05, 4.69) is 15.2 Å². The van der Waals surface area contributed by atoms with Crippen LogP contribution in [0.1, 0.15) is 11.1 Å². The van der Waals surface area contributed by atoms with Crippen molar-refractivity contribution in [1.29, 1.82) is 0 Å². The van der Waals surface area contributed by atoms with Crippen molar-refractivity contribution >= 4 is 38.8 Å². The molecule has 7 heteroatoms. The minimum atomic E-state index is -3.58. The number of rotatable bonds is 3. The van der Waals surface area contributed by atoms with Crippen molar-refractivity contribution in [3.63, 3.8) is 0 Å². The molecule has 0 saturated carbocycles. The first-order valence-corrected chi connectivity index (χ1v) is 10.6. The lowest BCUT2D eigenvalue weighted by molar-refractivity contribution is 0.590. The number of nitrogens with one attached hydrogen (secondary N) is 1. The van der Waals surface area contributed by atoms with Gasteiger partial charge < -0.3 is 10.2 Å². The number of benzene rings is 2. The number of anilines is 1. The molecule has 0 unspecified atom stereocenters. The summed E-state index contributed by atoms with van der Waals surface area (Å²) in [6.45, 7) is 7.55. The highest BCUT2D eigenvalue weighted by Gasteiger charge is 2.20. The first-order valence-electron chi connectivity index (χ1n) is 9.13. The van der Waals surface area contributed by atoms with E-state index in [1.165, 1.54) is 0 Å². The van der Waals surface area contributed by atoms with Gasteiger partial charge in [-0.3, -0.25) is 4.98 Å². The number of aromatic nitrogens is 1. The zero-order valence-electron chi connectivity index (χ0n) is 16.0. The number of piperazine rings is 1. The zero-order valence-corrected chi connectivity index (χ0v) is 17.6. The van der Waals surface area contributed by atoms with Crippen LogP contribution in [0.2, 0.25) is 0 Å². The van der Waals surface area contributed by atoms with Crippen LogP contribution < -0.4 is 10.2 Å². The Kier molecular flexibility index (Phi) is 5.93. The fraction of sp³-hybridized carbons (Fsp3) is 0.286. The molecule has 148 valence electrons. The second kappa shape index (κ2) is 8.07. The van der Waals surface area contributed by atoms with E-state index in [-0.39, 0.29) is 12.4 Å². The van der Waals surface area contributed by atoms with Crippen LogP contribution in [0.4, 0.5) is 5.69 Å². The second-order valence-electron chi connectivity index (χ2n) is 7.00. The number of sulfone groups is 1. The van der Waals surface area contributed by atoms with Gasteiger partial charge >= 0.3 is 0 Å². The Bertz CT molecular complexity index is 1110. The van der Waals surface area contributed by atoms with Crippen molar-refractivity contribution in [1.82, 2.24) is 10.3 Å². The van der Waals surface area contributed by atoms with Gasteiger partial charge in [-0.05, 0) is 61.4 Å². The molecule has 2 heterocycles. The number of halogens is 1. The average molecular weight is 418 g/mol. The van der Waals surface area contributed by atoms with Gasteiger partial charge in [0.25, 0.3) is 0 Å². The lowest BCUT2D eigenvalue weighted by Crippen LogP contribution is -2.43. The van der Waals surface area contributed by atoms with Gasteiger partial charge in [-0.25, -0.2) is 8.42 Å². The van der Waals surface area contributed by atoms with Crippen molar-refractivity contribution < 1.29 is 8.42 Å². The fourth-order valence-electron chi connectivity index (χ4n) is 3.48. The van der Waals surface area contributed by atoms with Crippen LogP contribution in [0, 0.1) is 13.8 Å². The molecule has 1 fully saturated rings. The van der Waals surface area contributed by atoms with E-state index in [9.17, 15) is 8.42 Å². The minimum Gasteiger partial charge on any atom is -0.368 e. The Labute approximate surface area is 172 Å². The van der Waals surface area contributed by atoms with E-state index in [0.29, 0.717) is 9.79 Å². The number of pyridine rings is 1. The standard InChI is InChI=1S/C21H23N3O2S.ClH/c1-15-3-4-17(13-16(15)2)27(25,26)18-5-6-20-19(14-18)21(7-8-23-20)24-11-9-22-10-12-24;/h3-8,13-14,22H,9-12H2,1-2H3;1H. The van der Waals surface area contributed by atoms with Crippen molar-refractivity contribution in [3.05, 3.63) is 59.8 Å². The summed E-state index contributed by atoms with van der Waals surface area (Å²) in [5.74, 6) is 0. The maximum Gasteiger partial charge on any atom is 0.206 e. The number of nitrogens with zero attached hydrogens (tertiary/aromatic N) is 2. The molecule has 1 aliphatic rings. The first kappa shape index (κ1) is 20.6. The highest BCUT2D eigenvalue weighted by atomic mass is 35.5. The maximum absolute atomic E-state index is 13.2. The summed E-state index contributed by atoms with van der Waals surface area (Å²) in [6, 6.07) is 12.5. The Hall–Kier alpha value is -2.15. The van der Waals surface area contributed by atoms with E-state index in [0.717, 1.165) is 53.9 Å². The van der Waals surface area contributed by atoms with Crippen LogP contribution in [0.5, 0.6) is 0 Å². The van der Waals surface area contributed by atoms with E-state index < -0.39 is 9.84 Å². The van der Waals surface area contributed by atoms with Crippen molar-refractivity contribution in [2.75, 3.05) is 31.1 Å². The summed E-state index contributed by atoms with van der Waals surface area (Å²) in [7, 11) is -3.58. The van der Waals surface area contributed by atoms with Crippen molar-refractivity contribution in [2.45, 2.75) is 23.6 Å². The van der Waals surface area contributed by atoms with Gasteiger partial charge in [0.1, 0.15) is 0 Å². The Balaban J connectivity index is 0.00000225. The highest BCUT2D eigenvalue weighted by Crippen LogP contribution is 2.30. The first-order chi connectivity index (χ1) is 13.0. The van der Waals surface area contributed by atoms with Gasteiger partial charge in [0.05, 0.1) is 15.3 Å². The summed E-state index contributed by atoms with van der Waals surface area (Å²) >= 11 is 0. The Morgan fingerprint density at radius 2 is 1.61 bits per heavy atom. The van der Waals surface area contributed by atoms with E-state index in [1.807, 2.05) is 26.0 Å². The molecule has 0 aliphatic carbocycles. The molecular weight excluding hydrogens is 394 g/mol. The lowest BCUT2D eigenvalue weighted by Gasteiger charge is -2.30. The quantitative estimate of drug-likeness (QED) is 0.706. The normalized spacial score (nSPS) is 14.7. The number of aryl methyl sites for hydroxylation is 2. The van der Waals surface area contributed by atoms with Crippen LogP contribution in [-0.2, 0) is 9.84 Å². The molecule has 0 atom stereocenters. The molecule has 5 nitrogen and oxygen atoms in total. The largest absolute Gasteiger partial charge is 0.368 e. The molecular formula is C21H24ClN3O2S. The van der Waals surface area contributed by atoms with Crippen molar-refractivity contribution in [2.24, 2.45) is 0 Å². The number of hydrogen-bond donors (Lipinski definition) is 1. The molecule has 0 bridgehead atoms. The summed E-state index contributed by atoms with van der Waals surface area (Å²) in [4.78, 5) is 7.34. The topological polar surface area (TPSA) is 62.3 Å². The molecule has 28 heavy (non-hydrogen) atoms. The van der Waals surface area contributed by atoms with E-state index in [4.69, 9.17) is 0 Å². The number of fused-ring (bicyclic) bond motifs is 1. The second-order valence-corrected chi connectivity index (χ2v) is 8.95. The monoisotopic (exact) mass is 417 g/mol. The van der Waals surface area contributed by atoms with Gasteiger partial charge in [0.15, 0.2) is 0 Å². The number of hydrogen-bond acceptors (Lipinski definition) is 5. The van der Waals surface area contributed by atoms with Gasteiger partial charge in [-0.15, -0.1) is 12.4 Å². The molecule has 0 amide bonds. The molecule has 2 aromatic carbocycles. The van der Waals surface area contributed by atoms with Crippen molar-refractivity contribution in [3.8, 4) is 0 Å². The third kappa shape index (κ3) is 3.72. The molecule has 1 N–H and O–H groups in total. The molecule has 0 radical (unpaired) electrons. The van der Waals surface area contributed by atoms with Gasteiger partial charge in [0, 0.05) is 43.4 Å². The average Bonchev–Trinajstić information content (AvgIpc) is 2.69. The summed E-state index contributed by atoms with van der Waals surface area (Å²) in [5, 5.41) is 4.23. The predicted octanol–water partition coefficient (Wildman–Crippen LogP) is 3.52.